The van der Waals surface area contributed by atoms with E-state index in [4.69, 9.17) is 34.8 Å². The quantitative estimate of drug-likeness (QED) is 0.470. The molecule has 0 unspecified atom stereocenters. The van der Waals surface area contributed by atoms with Crippen molar-refractivity contribution in [3.8, 4) is 0 Å². The van der Waals surface area contributed by atoms with Gasteiger partial charge in [0, 0.05) is 12.4 Å². The number of para-hydroxylation sites is 1. The van der Waals surface area contributed by atoms with Gasteiger partial charge in [-0.3, -0.25) is 5.43 Å². The molecule has 118 valence electrons. The Bertz CT molecular complexity index is 807. The normalized spacial score (nSPS) is 11.7. The monoisotopic (exact) mass is 384 g/mol. The van der Waals surface area contributed by atoms with E-state index in [1.165, 1.54) is 11.3 Å². The highest BCUT2D eigenvalue weighted by atomic mass is 35.5. The molecule has 0 amide bonds. The maximum absolute atomic E-state index is 6.16. The highest BCUT2D eigenvalue weighted by molar-refractivity contribution is 7.18. The van der Waals surface area contributed by atoms with Gasteiger partial charge in [-0.2, -0.15) is 5.10 Å². The standard InChI is InChI=1S/C15H11Cl3N4S/c16-10-2-1-3-11(17)15(10)21-20-12(8-22-7-6-19-9-22)13-4-5-14(18)23-13/h1-7,9,21H,8H2/b20-12-. The smallest absolute Gasteiger partial charge is 0.0976 e. The fourth-order valence-electron chi connectivity index (χ4n) is 1.92. The Morgan fingerprint density at radius 1 is 1.17 bits per heavy atom. The number of halogens is 3. The zero-order valence-electron chi connectivity index (χ0n) is 11.7. The summed E-state index contributed by atoms with van der Waals surface area (Å²) in [6.07, 6.45) is 5.32. The zero-order valence-corrected chi connectivity index (χ0v) is 14.8. The van der Waals surface area contributed by atoms with Crippen molar-refractivity contribution in [2.75, 3.05) is 5.43 Å². The van der Waals surface area contributed by atoms with Gasteiger partial charge < -0.3 is 4.57 Å². The van der Waals surface area contributed by atoms with Crippen molar-refractivity contribution in [3.63, 3.8) is 0 Å². The van der Waals surface area contributed by atoms with Crippen molar-refractivity contribution in [2.24, 2.45) is 5.10 Å². The molecule has 1 aromatic carbocycles. The highest BCUT2D eigenvalue weighted by Crippen LogP contribution is 2.30. The molecule has 2 heterocycles. The summed E-state index contributed by atoms with van der Waals surface area (Å²) in [4.78, 5) is 5.00. The summed E-state index contributed by atoms with van der Waals surface area (Å²) < 4.78 is 2.62. The lowest BCUT2D eigenvalue weighted by atomic mass is 10.3. The third-order valence-corrected chi connectivity index (χ3v) is 4.92. The number of imidazole rings is 1. The molecule has 8 heteroatoms. The van der Waals surface area contributed by atoms with Gasteiger partial charge in [-0.1, -0.05) is 40.9 Å². The minimum Gasteiger partial charge on any atom is -0.331 e. The number of hydrazone groups is 1. The minimum atomic E-state index is 0.507. The predicted molar refractivity (Wildman–Crippen MR) is 98.2 cm³/mol. The summed E-state index contributed by atoms with van der Waals surface area (Å²) >= 11 is 19.8. The molecule has 3 rings (SSSR count). The van der Waals surface area contributed by atoms with E-state index in [-0.39, 0.29) is 0 Å². The fraction of sp³-hybridized carbons (Fsp3) is 0.0667. The van der Waals surface area contributed by atoms with Crippen LogP contribution in [0.4, 0.5) is 5.69 Å². The molecular weight excluding hydrogens is 375 g/mol. The number of benzene rings is 1. The SMILES string of the molecule is Clc1ccc(/C(Cn2ccnc2)=N\Nc2c(Cl)cccc2Cl)s1. The second-order valence-corrected chi connectivity index (χ2v) is 7.14. The number of hydrogen-bond donors (Lipinski definition) is 1. The van der Waals surface area contributed by atoms with Crippen LogP contribution in [0.1, 0.15) is 4.88 Å². The first-order chi connectivity index (χ1) is 11.1. The molecule has 0 fully saturated rings. The van der Waals surface area contributed by atoms with E-state index in [0.29, 0.717) is 26.6 Å². The number of hydrogen-bond acceptors (Lipinski definition) is 4. The molecule has 4 nitrogen and oxygen atoms in total. The summed E-state index contributed by atoms with van der Waals surface area (Å²) in [6, 6.07) is 9.06. The van der Waals surface area contributed by atoms with Gasteiger partial charge in [0.1, 0.15) is 0 Å². The zero-order chi connectivity index (χ0) is 16.2. The van der Waals surface area contributed by atoms with Gasteiger partial charge in [-0.15, -0.1) is 11.3 Å². The largest absolute Gasteiger partial charge is 0.331 e. The average molecular weight is 386 g/mol. The maximum atomic E-state index is 6.16. The first kappa shape index (κ1) is 16.3. The van der Waals surface area contributed by atoms with Crippen molar-refractivity contribution >= 4 is 57.5 Å². The molecule has 0 atom stereocenters. The van der Waals surface area contributed by atoms with E-state index in [1.807, 2.05) is 22.9 Å². The summed E-state index contributed by atoms with van der Waals surface area (Å²) in [5.74, 6) is 0. The Balaban J connectivity index is 1.91. The van der Waals surface area contributed by atoms with Crippen LogP contribution < -0.4 is 5.43 Å². The first-order valence-corrected chi connectivity index (χ1v) is 8.56. The molecule has 3 aromatic rings. The van der Waals surface area contributed by atoms with Crippen LogP contribution in [-0.4, -0.2) is 15.3 Å². The van der Waals surface area contributed by atoms with E-state index in [0.717, 1.165) is 10.6 Å². The molecule has 0 aliphatic carbocycles. The third-order valence-electron chi connectivity index (χ3n) is 3.01. The van der Waals surface area contributed by atoms with Crippen LogP contribution in [0.5, 0.6) is 0 Å². The van der Waals surface area contributed by atoms with Crippen molar-refractivity contribution in [2.45, 2.75) is 6.54 Å². The van der Waals surface area contributed by atoms with Crippen LogP contribution in [0.15, 0.2) is 54.2 Å². The summed E-state index contributed by atoms with van der Waals surface area (Å²) in [6.45, 7) is 0.548. The van der Waals surface area contributed by atoms with Gasteiger partial charge in [0.2, 0.25) is 0 Å². The molecule has 0 aliphatic heterocycles. The van der Waals surface area contributed by atoms with Gasteiger partial charge in [0.25, 0.3) is 0 Å². The number of anilines is 1. The van der Waals surface area contributed by atoms with Crippen LogP contribution in [-0.2, 0) is 6.54 Å². The van der Waals surface area contributed by atoms with Gasteiger partial charge in [0.15, 0.2) is 0 Å². The molecule has 23 heavy (non-hydrogen) atoms. The second kappa shape index (κ2) is 7.36. The lowest BCUT2D eigenvalue weighted by Crippen LogP contribution is -2.11. The lowest BCUT2D eigenvalue weighted by Gasteiger charge is -2.09. The van der Waals surface area contributed by atoms with Crippen LogP contribution in [0, 0.1) is 0 Å². The average Bonchev–Trinajstić information content (AvgIpc) is 3.17. The molecule has 1 N–H and O–H groups in total. The van der Waals surface area contributed by atoms with Crippen LogP contribution in [0.2, 0.25) is 14.4 Å². The first-order valence-electron chi connectivity index (χ1n) is 6.61. The van der Waals surface area contributed by atoms with Crippen LogP contribution in [0.3, 0.4) is 0 Å². The third kappa shape index (κ3) is 4.06. The number of nitrogens with zero attached hydrogens (tertiary/aromatic N) is 3. The molecular formula is C15H11Cl3N4S. The molecule has 0 spiro atoms. The number of nitrogens with one attached hydrogen (secondary N) is 1. The van der Waals surface area contributed by atoms with E-state index in [9.17, 15) is 0 Å². The predicted octanol–water partition coefficient (Wildman–Crippen LogP) is 5.42. The summed E-state index contributed by atoms with van der Waals surface area (Å²) in [7, 11) is 0. The van der Waals surface area contributed by atoms with Gasteiger partial charge in [-0.05, 0) is 24.3 Å². The highest BCUT2D eigenvalue weighted by Gasteiger charge is 2.10. The Kier molecular flexibility index (Phi) is 5.23. The minimum absolute atomic E-state index is 0.507. The number of thiophene rings is 1. The Labute approximate surface area is 152 Å². The van der Waals surface area contributed by atoms with Crippen molar-refractivity contribution in [1.82, 2.24) is 9.55 Å². The lowest BCUT2D eigenvalue weighted by molar-refractivity contribution is 0.849. The second-order valence-electron chi connectivity index (χ2n) is 4.61. The molecule has 0 aliphatic rings. The molecule has 2 aromatic heterocycles. The van der Waals surface area contributed by atoms with Crippen LogP contribution in [0.25, 0.3) is 0 Å². The Morgan fingerprint density at radius 3 is 2.57 bits per heavy atom. The molecule has 0 saturated carbocycles. The maximum Gasteiger partial charge on any atom is 0.0976 e. The number of aromatic nitrogens is 2. The van der Waals surface area contributed by atoms with Gasteiger partial charge in [0.05, 0.1) is 43.5 Å². The van der Waals surface area contributed by atoms with E-state index >= 15 is 0 Å². The Morgan fingerprint density at radius 2 is 1.96 bits per heavy atom. The fourth-order valence-corrected chi connectivity index (χ4v) is 3.42. The summed E-state index contributed by atoms with van der Waals surface area (Å²) in [5.41, 5.74) is 4.33. The van der Waals surface area contributed by atoms with Crippen molar-refractivity contribution < 1.29 is 0 Å². The van der Waals surface area contributed by atoms with Crippen molar-refractivity contribution in [3.05, 3.63) is 68.3 Å². The van der Waals surface area contributed by atoms with Gasteiger partial charge >= 0.3 is 0 Å². The van der Waals surface area contributed by atoms with E-state index in [1.54, 1.807) is 30.7 Å². The topological polar surface area (TPSA) is 42.2 Å². The molecule has 0 saturated heterocycles. The van der Waals surface area contributed by atoms with E-state index < -0.39 is 0 Å². The Hall–Kier alpha value is -1.53. The van der Waals surface area contributed by atoms with Crippen LogP contribution >= 0.6 is 46.1 Å². The molecule has 0 bridgehead atoms. The van der Waals surface area contributed by atoms with Crippen molar-refractivity contribution in [1.29, 1.82) is 0 Å². The molecule has 0 radical (unpaired) electrons. The number of rotatable bonds is 5. The summed E-state index contributed by atoms with van der Waals surface area (Å²) in [5, 5.41) is 5.49. The van der Waals surface area contributed by atoms with E-state index in [2.05, 4.69) is 15.5 Å². The van der Waals surface area contributed by atoms with Gasteiger partial charge in [-0.25, -0.2) is 4.98 Å².